The molecule has 2 aromatic carbocycles. The number of carbonyl (C=O) groups excluding carboxylic acids is 4. The Morgan fingerprint density at radius 3 is 2.51 bits per heavy atom. The van der Waals surface area contributed by atoms with E-state index in [-0.39, 0.29) is 33.7 Å². The zero-order valence-electron chi connectivity index (χ0n) is 22.0. The van der Waals surface area contributed by atoms with E-state index in [1.165, 1.54) is 55.0 Å². The summed E-state index contributed by atoms with van der Waals surface area (Å²) in [5, 5.41) is 7.16. The van der Waals surface area contributed by atoms with Crippen molar-refractivity contribution in [2.75, 3.05) is 19.0 Å². The van der Waals surface area contributed by atoms with Crippen molar-refractivity contribution in [2.24, 2.45) is 5.10 Å². The van der Waals surface area contributed by atoms with Gasteiger partial charge >= 0.3 is 23.8 Å². The van der Waals surface area contributed by atoms with Crippen LogP contribution in [0, 0.1) is 0 Å². The van der Waals surface area contributed by atoms with Crippen molar-refractivity contribution in [3.8, 4) is 11.5 Å². The maximum Gasteiger partial charge on any atom is 0.345 e. The van der Waals surface area contributed by atoms with Gasteiger partial charge in [-0.2, -0.15) is 5.10 Å². The molecule has 1 aliphatic rings. The number of hydrazone groups is 1. The minimum Gasteiger partial charge on any atom is -0.493 e. The molecule has 0 fully saturated rings. The number of benzene rings is 2. The SMILES string of the molecule is CCOC(=O)c1c(NC(=O)C(=O)N/N=C/c2ccc(OC(=O)c3ccc(Cl)cc3Cl)c(OC)c2)sc2c1CCCC2. The van der Waals surface area contributed by atoms with Crippen LogP contribution in [0.4, 0.5) is 5.00 Å². The number of nitrogens with zero attached hydrogens (tertiary/aromatic N) is 1. The number of fused-ring (bicyclic) bond motifs is 1. The number of aryl methyl sites for hydroxylation is 1. The molecule has 4 rings (SSSR count). The van der Waals surface area contributed by atoms with Crippen LogP contribution in [0.1, 0.15) is 56.5 Å². The lowest BCUT2D eigenvalue weighted by atomic mass is 9.95. The molecule has 1 heterocycles. The minimum absolute atomic E-state index is 0.125. The zero-order valence-corrected chi connectivity index (χ0v) is 24.4. The Kier molecular flexibility index (Phi) is 9.98. The maximum absolute atomic E-state index is 12.6. The van der Waals surface area contributed by atoms with Crippen LogP contribution in [0.25, 0.3) is 0 Å². The molecule has 0 spiro atoms. The second kappa shape index (κ2) is 13.6. The number of carbonyl (C=O) groups is 4. The summed E-state index contributed by atoms with van der Waals surface area (Å²) in [7, 11) is 1.39. The number of ether oxygens (including phenoxy) is 3. The Labute approximate surface area is 249 Å². The van der Waals surface area contributed by atoms with E-state index >= 15 is 0 Å². The molecule has 0 saturated heterocycles. The van der Waals surface area contributed by atoms with Crippen molar-refractivity contribution in [1.82, 2.24) is 5.43 Å². The number of anilines is 1. The summed E-state index contributed by atoms with van der Waals surface area (Å²) in [6.07, 6.45) is 4.72. The molecule has 0 atom stereocenters. The Hall–Kier alpha value is -3.93. The molecule has 214 valence electrons. The van der Waals surface area contributed by atoms with Gasteiger partial charge in [0.05, 0.1) is 36.1 Å². The standard InChI is InChI=1S/C28H25Cl2N3O7S/c1-3-39-28(37)23-18-6-4-5-7-22(18)41-26(23)32-24(34)25(35)33-31-14-15-8-11-20(21(12-15)38-2)40-27(36)17-10-9-16(29)13-19(17)30/h8-14H,3-7H2,1-2H3,(H,32,34)(H,33,35)/b31-14+. The highest BCUT2D eigenvalue weighted by molar-refractivity contribution is 7.17. The lowest BCUT2D eigenvalue weighted by Crippen LogP contribution is -2.32. The smallest absolute Gasteiger partial charge is 0.345 e. The van der Waals surface area contributed by atoms with Crippen molar-refractivity contribution in [3.63, 3.8) is 0 Å². The van der Waals surface area contributed by atoms with Crippen LogP contribution in [0.5, 0.6) is 11.5 Å². The fourth-order valence-electron chi connectivity index (χ4n) is 4.11. The van der Waals surface area contributed by atoms with Gasteiger partial charge in [0.15, 0.2) is 11.5 Å². The number of nitrogens with one attached hydrogen (secondary N) is 2. The topological polar surface area (TPSA) is 132 Å². The zero-order chi connectivity index (χ0) is 29.5. The maximum atomic E-state index is 12.6. The third kappa shape index (κ3) is 7.24. The van der Waals surface area contributed by atoms with Gasteiger partial charge in [0.2, 0.25) is 0 Å². The van der Waals surface area contributed by atoms with E-state index in [1.807, 2.05) is 0 Å². The van der Waals surface area contributed by atoms with Gasteiger partial charge in [-0.25, -0.2) is 15.0 Å². The van der Waals surface area contributed by atoms with Crippen molar-refractivity contribution >= 4 is 69.5 Å². The number of hydrogen-bond acceptors (Lipinski definition) is 9. The molecule has 0 aliphatic heterocycles. The molecule has 1 aromatic heterocycles. The molecule has 3 aromatic rings. The number of methoxy groups -OCH3 is 1. The van der Waals surface area contributed by atoms with Crippen molar-refractivity contribution in [2.45, 2.75) is 32.6 Å². The van der Waals surface area contributed by atoms with Crippen molar-refractivity contribution < 1.29 is 33.4 Å². The lowest BCUT2D eigenvalue weighted by Gasteiger charge is -2.12. The minimum atomic E-state index is -1.03. The number of hydrogen-bond donors (Lipinski definition) is 2. The highest BCUT2D eigenvalue weighted by Gasteiger charge is 2.28. The van der Waals surface area contributed by atoms with E-state index in [2.05, 4.69) is 15.8 Å². The molecule has 10 nitrogen and oxygen atoms in total. The number of halogens is 2. The van der Waals surface area contributed by atoms with Gasteiger partial charge in [0, 0.05) is 9.90 Å². The molecule has 41 heavy (non-hydrogen) atoms. The van der Waals surface area contributed by atoms with E-state index in [1.54, 1.807) is 13.0 Å². The van der Waals surface area contributed by atoms with E-state index in [0.717, 1.165) is 29.7 Å². The molecule has 0 saturated carbocycles. The average Bonchev–Trinajstić information content (AvgIpc) is 3.31. The largest absolute Gasteiger partial charge is 0.493 e. The third-order valence-electron chi connectivity index (χ3n) is 6.01. The van der Waals surface area contributed by atoms with Crippen molar-refractivity contribution in [1.29, 1.82) is 0 Å². The van der Waals surface area contributed by atoms with Crippen LogP contribution in [0.15, 0.2) is 41.5 Å². The summed E-state index contributed by atoms with van der Waals surface area (Å²) >= 11 is 13.2. The Balaban J connectivity index is 1.40. The van der Waals surface area contributed by atoms with Crippen LogP contribution in [0.3, 0.4) is 0 Å². The molecular weight excluding hydrogens is 593 g/mol. The van der Waals surface area contributed by atoms with Gasteiger partial charge < -0.3 is 19.5 Å². The van der Waals surface area contributed by atoms with E-state index in [4.69, 9.17) is 37.4 Å². The highest BCUT2D eigenvalue weighted by Crippen LogP contribution is 2.38. The van der Waals surface area contributed by atoms with Gasteiger partial charge in [-0.3, -0.25) is 9.59 Å². The summed E-state index contributed by atoms with van der Waals surface area (Å²) in [6, 6.07) is 8.95. The van der Waals surface area contributed by atoms with Gasteiger partial charge in [0.1, 0.15) is 5.00 Å². The monoisotopic (exact) mass is 617 g/mol. The first kappa shape index (κ1) is 30.0. The first-order chi connectivity index (χ1) is 19.7. The number of amides is 2. The molecule has 1 aliphatic carbocycles. The van der Waals surface area contributed by atoms with Crippen LogP contribution < -0.4 is 20.2 Å². The normalized spacial score (nSPS) is 12.4. The molecule has 13 heteroatoms. The summed E-state index contributed by atoms with van der Waals surface area (Å²) < 4.78 is 15.9. The van der Waals surface area contributed by atoms with Gasteiger partial charge in [-0.05, 0) is 80.1 Å². The van der Waals surface area contributed by atoms with Crippen molar-refractivity contribution in [3.05, 3.63) is 73.6 Å². The lowest BCUT2D eigenvalue weighted by molar-refractivity contribution is -0.136. The van der Waals surface area contributed by atoms with Gasteiger partial charge in [-0.15, -0.1) is 11.3 Å². The second-order valence-corrected chi connectivity index (χ2v) is 10.7. The second-order valence-electron chi connectivity index (χ2n) is 8.71. The molecular formula is C28H25Cl2N3O7S. The average molecular weight is 618 g/mol. The number of esters is 2. The van der Waals surface area contributed by atoms with Crippen LogP contribution in [0.2, 0.25) is 10.0 Å². The van der Waals surface area contributed by atoms with Crippen LogP contribution in [-0.4, -0.2) is 43.7 Å². The molecule has 2 N–H and O–H groups in total. The Morgan fingerprint density at radius 1 is 1.00 bits per heavy atom. The summed E-state index contributed by atoms with van der Waals surface area (Å²) in [5.41, 5.74) is 3.94. The summed E-state index contributed by atoms with van der Waals surface area (Å²) in [4.78, 5) is 51.1. The fraction of sp³-hybridized carbons (Fsp3) is 0.250. The first-order valence-corrected chi connectivity index (χ1v) is 14.1. The van der Waals surface area contributed by atoms with E-state index < -0.39 is 23.8 Å². The van der Waals surface area contributed by atoms with E-state index in [0.29, 0.717) is 22.6 Å². The Morgan fingerprint density at radius 2 is 1.78 bits per heavy atom. The predicted octanol–water partition coefficient (Wildman–Crippen LogP) is 5.43. The highest BCUT2D eigenvalue weighted by atomic mass is 35.5. The van der Waals surface area contributed by atoms with Crippen LogP contribution >= 0.6 is 34.5 Å². The fourth-order valence-corrected chi connectivity index (χ4v) is 5.87. The first-order valence-electron chi connectivity index (χ1n) is 12.5. The quantitative estimate of drug-likeness (QED) is 0.113. The molecule has 2 amide bonds. The summed E-state index contributed by atoms with van der Waals surface area (Å²) in [5.74, 6) is -2.90. The van der Waals surface area contributed by atoms with Crippen LogP contribution in [-0.2, 0) is 27.2 Å². The van der Waals surface area contributed by atoms with Gasteiger partial charge in [-0.1, -0.05) is 23.2 Å². The number of thiophene rings is 1. The molecule has 0 bridgehead atoms. The Bertz CT molecular complexity index is 1540. The predicted molar refractivity (Wildman–Crippen MR) is 156 cm³/mol. The number of rotatable bonds is 8. The third-order valence-corrected chi connectivity index (χ3v) is 7.76. The molecule has 0 radical (unpaired) electrons. The molecule has 0 unspecified atom stereocenters. The van der Waals surface area contributed by atoms with E-state index in [9.17, 15) is 19.2 Å². The van der Waals surface area contributed by atoms with Gasteiger partial charge in [0.25, 0.3) is 0 Å². The summed E-state index contributed by atoms with van der Waals surface area (Å²) in [6.45, 7) is 1.89.